The summed E-state index contributed by atoms with van der Waals surface area (Å²) in [6.45, 7) is 6.52. The number of benzene rings is 1. The summed E-state index contributed by atoms with van der Waals surface area (Å²) in [7, 11) is 0. The topological polar surface area (TPSA) is 12.4 Å². The quantitative estimate of drug-likeness (QED) is 0.651. The maximum Gasteiger partial charge on any atom is 0.0681 e. The minimum absolute atomic E-state index is 0.107. The van der Waals surface area contributed by atoms with Crippen molar-refractivity contribution >= 4 is 27.3 Å². The Balaban J connectivity index is 2.65. The monoisotopic (exact) mass is 237 g/mol. The van der Waals surface area contributed by atoms with Crippen LogP contribution in [0, 0.1) is 0 Å². The predicted octanol–water partition coefficient (Wildman–Crippen LogP) is 3.83. The maximum atomic E-state index is 4.55. The van der Waals surface area contributed by atoms with Gasteiger partial charge in [0.1, 0.15) is 0 Å². The fourth-order valence-electron chi connectivity index (χ4n) is 1.64. The van der Waals surface area contributed by atoms with Crippen molar-refractivity contribution in [3.05, 3.63) is 28.2 Å². The average Bonchev–Trinajstić information content (AvgIpc) is 2.23. The van der Waals surface area contributed by atoms with Gasteiger partial charge in [-0.1, -0.05) is 35.8 Å². The molecular formula is C11H12BrN. The molecule has 68 valence electrons. The third-order valence-electron chi connectivity index (χ3n) is 2.83. The molecule has 0 bridgehead atoms. The van der Waals surface area contributed by atoms with E-state index in [1.807, 2.05) is 0 Å². The van der Waals surface area contributed by atoms with Crippen LogP contribution in [-0.2, 0) is 5.41 Å². The summed E-state index contributed by atoms with van der Waals surface area (Å²) in [6.07, 6.45) is 0. The van der Waals surface area contributed by atoms with Crippen LogP contribution in [0.5, 0.6) is 0 Å². The molecule has 0 spiro atoms. The third kappa shape index (κ3) is 1.24. The Morgan fingerprint density at radius 1 is 1.31 bits per heavy atom. The summed E-state index contributed by atoms with van der Waals surface area (Å²) < 4.78 is 1.10. The molecule has 0 unspecified atom stereocenters. The van der Waals surface area contributed by atoms with Gasteiger partial charge in [0, 0.05) is 15.6 Å². The molecule has 2 rings (SSSR count). The molecule has 0 saturated heterocycles. The molecule has 0 radical (unpaired) electrons. The van der Waals surface area contributed by atoms with Crippen LogP contribution in [0.2, 0.25) is 0 Å². The number of rotatable bonds is 0. The van der Waals surface area contributed by atoms with Crippen LogP contribution in [0.25, 0.3) is 0 Å². The number of halogens is 1. The summed E-state index contributed by atoms with van der Waals surface area (Å²) >= 11 is 3.45. The highest BCUT2D eigenvalue weighted by molar-refractivity contribution is 9.10. The molecule has 0 amide bonds. The average molecular weight is 238 g/mol. The number of nitrogens with zero attached hydrogens (tertiary/aromatic N) is 1. The Hall–Kier alpha value is -0.630. The molecule has 1 aromatic carbocycles. The van der Waals surface area contributed by atoms with Crippen molar-refractivity contribution in [3.8, 4) is 0 Å². The lowest BCUT2D eigenvalue weighted by molar-refractivity contribution is 0.733. The second-order valence-corrected chi connectivity index (χ2v) is 4.90. The first kappa shape index (κ1) is 8.95. The summed E-state index contributed by atoms with van der Waals surface area (Å²) in [4.78, 5) is 4.55. The molecule has 0 N–H and O–H groups in total. The number of hydrogen-bond acceptors (Lipinski definition) is 1. The van der Waals surface area contributed by atoms with E-state index in [4.69, 9.17) is 0 Å². The molecule has 0 aliphatic carbocycles. The van der Waals surface area contributed by atoms with E-state index >= 15 is 0 Å². The van der Waals surface area contributed by atoms with Crippen LogP contribution in [0.4, 0.5) is 5.69 Å². The Morgan fingerprint density at radius 2 is 2.00 bits per heavy atom. The van der Waals surface area contributed by atoms with Crippen molar-refractivity contribution in [2.75, 3.05) is 0 Å². The fraction of sp³-hybridized carbons (Fsp3) is 0.364. The van der Waals surface area contributed by atoms with Crippen molar-refractivity contribution < 1.29 is 0 Å². The van der Waals surface area contributed by atoms with E-state index in [0.29, 0.717) is 0 Å². The lowest BCUT2D eigenvalue weighted by Crippen LogP contribution is -2.22. The lowest BCUT2D eigenvalue weighted by Gasteiger charge is -2.19. The molecule has 0 fully saturated rings. The van der Waals surface area contributed by atoms with Gasteiger partial charge in [-0.15, -0.1) is 0 Å². The van der Waals surface area contributed by atoms with Gasteiger partial charge >= 0.3 is 0 Å². The number of aliphatic imine (C=N–C) groups is 1. The Kier molecular flexibility index (Phi) is 1.84. The molecule has 0 atom stereocenters. The second-order valence-electron chi connectivity index (χ2n) is 3.98. The van der Waals surface area contributed by atoms with Crippen LogP contribution in [-0.4, -0.2) is 5.71 Å². The largest absolute Gasteiger partial charge is 0.257 e. The van der Waals surface area contributed by atoms with Gasteiger partial charge in [-0.25, -0.2) is 0 Å². The van der Waals surface area contributed by atoms with Gasteiger partial charge in [-0.3, -0.25) is 4.99 Å². The van der Waals surface area contributed by atoms with Crippen LogP contribution in [0.1, 0.15) is 26.3 Å². The Bertz CT molecular complexity index is 391. The van der Waals surface area contributed by atoms with Crippen molar-refractivity contribution in [3.63, 3.8) is 0 Å². The van der Waals surface area contributed by atoms with Crippen molar-refractivity contribution in [2.45, 2.75) is 26.2 Å². The van der Waals surface area contributed by atoms with Crippen LogP contribution < -0.4 is 0 Å². The number of hydrogen-bond donors (Lipinski definition) is 0. The molecule has 1 nitrogen and oxygen atoms in total. The van der Waals surface area contributed by atoms with E-state index < -0.39 is 0 Å². The highest BCUT2D eigenvalue weighted by atomic mass is 79.9. The Labute approximate surface area is 87.0 Å². The van der Waals surface area contributed by atoms with Gasteiger partial charge in [0.2, 0.25) is 0 Å². The highest BCUT2D eigenvalue weighted by Crippen LogP contribution is 2.40. The van der Waals surface area contributed by atoms with Crippen molar-refractivity contribution in [1.82, 2.24) is 0 Å². The minimum Gasteiger partial charge on any atom is -0.257 e. The zero-order valence-electron chi connectivity index (χ0n) is 8.06. The smallest absolute Gasteiger partial charge is 0.0681 e. The Morgan fingerprint density at radius 3 is 2.69 bits per heavy atom. The SMILES string of the molecule is CC1=Nc2cc(Br)ccc2C1(C)C. The summed E-state index contributed by atoms with van der Waals surface area (Å²) in [6, 6.07) is 6.31. The van der Waals surface area contributed by atoms with E-state index in [2.05, 4.69) is 59.9 Å². The van der Waals surface area contributed by atoms with Gasteiger partial charge in [-0.05, 0) is 24.6 Å². The summed E-state index contributed by atoms with van der Waals surface area (Å²) in [5, 5.41) is 0. The molecule has 13 heavy (non-hydrogen) atoms. The van der Waals surface area contributed by atoms with Gasteiger partial charge in [0.05, 0.1) is 5.69 Å². The van der Waals surface area contributed by atoms with Crippen LogP contribution >= 0.6 is 15.9 Å². The van der Waals surface area contributed by atoms with E-state index in [-0.39, 0.29) is 5.41 Å². The molecule has 1 aliphatic rings. The standard InChI is InChI=1S/C11H12BrN/c1-7-11(2,3)9-5-4-8(12)6-10(9)13-7/h4-6H,1-3H3. The maximum absolute atomic E-state index is 4.55. The zero-order valence-corrected chi connectivity index (χ0v) is 9.64. The first-order chi connectivity index (χ1) is 6.01. The molecule has 1 aromatic rings. The van der Waals surface area contributed by atoms with E-state index in [9.17, 15) is 0 Å². The normalized spacial score (nSPS) is 18.3. The number of fused-ring (bicyclic) bond motifs is 1. The second kappa shape index (κ2) is 2.68. The lowest BCUT2D eigenvalue weighted by atomic mass is 9.82. The van der Waals surface area contributed by atoms with Gasteiger partial charge < -0.3 is 0 Å². The first-order valence-corrected chi connectivity index (χ1v) is 5.17. The summed E-state index contributed by atoms with van der Waals surface area (Å²) in [5.41, 5.74) is 3.74. The van der Waals surface area contributed by atoms with Gasteiger partial charge in [0.15, 0.2) is 0 Å². The molecule has 1 heterocycles. The van der Waals surface area contributed by atoms with Crippen molar-refractivity contribution in [1.29, 1.82) is 0 Å². The first-order valence-electron chi connectivity index (χ1n) is 4.37. The molecule has 0 aromatic heterocycles. The van der Waals surface area contributed by atoms with Crippen LogP contribution in [0.3, 0.4) is 0 Å². The predicted molar refractivity (Wildman–Crippen MR) is 59.9 cm³/mol. The molecule has 0 saturated carbocycles. The minimum atomic E-state index is 0.107. The fourth-order valence-corrected chi connectivity index (χ4v) is 1.99. The van der Waals surface area contributed by atoms with E-state index in [1.54, 1.807) is 0 Å². The molecule has 1 aliphatic heterocycles. The van der Waals surface area contributed by atoms with E-state index in [1.165, 1.54) is 11.3 Å². The van der Waals surface area contributed by atoms with Gasteiger partial charge in [-0.2, -0.15) is 0 Å². The molecule has 2 heteroatoms. The van der Waals surface area contributed by atoms with Crippen molar-refractivity contribution in [2.24, 2.45) is 4.99 Å². The van der Waals surface area contributed by atoms with E-state index in [0.717, 1.165) is 10.2 Å². The highest BCUT2D eigenvalue weighted by Gasteiger charge is 2.31. The third-order valence-corrected chi connectivity index (χ3v) is 3.32. The molecular weight excluding hydrogens is 226 g/mol. The zero-order chi connectivity index (χ0) is 9.64. The summed E-state index contributed by atoms with van der Waals surface area (Å²) in [5.74, 6) is 0. The van der Waals surface area contributed by atoms with Gasteiger partial charge in [0.25, 0.3) is 0 Å². The van der Waals surface area contributed by atoms with Crippen LogP contribution in [0.15, 0.2) is 27.7 Å².